The molecule has 0 saturated carbocycles. The molecule has 4 aromatic carbocycles. The largest absolute Gasteiger partial charge is 0.362 e. The highest BCUT2D eigenvalue weighted by Gasteiger charge is 2.30. The number of anilines is 2. The van der Waals surface area contributed by atoms with E-state index in [1.807, 2.05) is 18.2 Å². The van der Waals surface area contributed by atoms with Crippen LogP contribution in [-0.2, 0) is 0 Å². The number of hydrogen-bond acceptors (Lipinski definition) is 5. The summed E-state index contributed by atoms with van der Waals surface area (Å²) in [5.41, 5.74) is 12.6. The first-order valence-electron chi connectivity index (χ1n) is 16.4. The van der Waals surface area contributed by atoms with Crippen LogP contribution in [0.1, 0.15) is 34.5 Å². The lowest BCUT2D eigenvalue weighted by atomic mass is 9.92. The van der Waals surface area contributed by atoms with Crippen LogP contribution in [0.15, 0.2) is 140 Å². The second-order valence-electron chi connectivity index (χ2n) is 12.6. The highest BCUT2D eigenvalue weighted by molar-refractivity contribution is 6.04. The molecule has 2 aliphatic heterocycles. The van der Waals surface area contributed by atoms with Crippen LogP contribution in [0, 0.1) is 0 Å². The van der Waals surface area contributed by atoms with Crippen LogP contribution in [0.2, 0.25) is 0 Å². The monoisotopic (exact) mass is 619 g/mol. The molecule has 3 aromatic heterocycles. The van der Waals surface area contributed by atoms with E-state index in [0.29, 0.717) is 0 Å². The van der Waals surface area contributed by atoms with Crippen LogP contribution < -0.4 is 9.80 Å². The van der Waals surface area contributed by atoms with Crippen LogP contribution in [-0.4, -0.2) is 29.0 Å². The fourth-order valence-electron chi connectivity index (χ4n) is 7.27. The first-order valence-corrected chi connectivity index (χ1v) is 16.4. The number of fused-ring (bicyclic) bond motifs is 6. The van der Waals surface area contributed by atoms with Gasteiger partial charge in [-0.25, -0.2) is 15.0 Å². The lowest BCUT2D eigenvalue weighted by Gasteiger charge is -2.40. The normalized spacial score (nSPS) is 16.7. The SMILES string of the molecule is CN1c2c(ccc3c2N(C)C(c2cccc(-c4ccc5ccc6ccc(-c7ccccc7)nc6c5n4)n2)C=C3)C=CC1c1ccccc1. The first-order chi connectivity index (χ1) is 23.6. The van der Waals surface area contributed by atoms with E-state index < -0.39 is 0 Å². The third-order valence-corrected chi connectivity index (χ3v) is 9.74. The van der Waals surface area contributed by atoms with Gasteiger partial charge in [0.15, 0.2) is 0 Å². The average molecular weight is 620 g/mol. The summed E-state index contributed by atoms with van der Waals surface area (Å²) in [5, 5.41) is 2.13. The molecule has 230 valence electrons. The van der Waals surface area contributed by atoms with Gasteiger partial charge in [0.2, 0.25) is 0 Å². The highest BCUT2D eigenvalue weighted by atomic mass is 15.2. The second kappa shape index (κ2) is 11.3. The molecule has 48 heavy (non-hydrogen) atoms. The van der Waals surface area contributed by atoms with Crippen molar-refractivity contribution in [2.24, 2.45) is 0 Å². The minimum absolute atomic E-state index is 0.0326. The standard InChI is InChI=1S/C43H33N5/c1-47-38(29-12-7-4-8-13-29)26-22-32-18-19-33-23-27-39(48(2)43(33)42(32)47)37-15-9-14-35(44-37)36-25-21-31-17-16-30-20-24-34(28-10-5-3-6-11-28)45-40(30)41(31)46-36/h3-27,38-39H,1-2H3. The lowest BCUT2D eigenvalue weighted by molar-refractivity contribution is 0.759. The zero-order chi connectivity index (χ0) is 32.2. The molecule has 0 N–H and O–H groups in total. The molecule has 2 atom stereocenters. The zero-order valence-corrected chi connectivity index (χ0v) is 26.8. The maximum atomic E-state index is 5.23. The van der Waals surface area contributed by atoms with Crippen molar-refractivity contribution in [3.63, 3.8) is 0 Å². The van der Waals surface area contributed by atoms with E-state index in [9.17, 15) is 0 Å². The molecule has 0 amide bonds. The number of aromatic nitrogens is 3. The van der Waals surface area contributed by atoms with Gasteiger partial charge in [-0.15, -0.1) is 0 Å². The van der Waals surface area contributed by atoms with E-state index in [0.717, 1.165) is 50.1 Å². The maximum absolute atomic E-state index is 5.23. The third kappa shape index (κ3) is 4.66. The Morgan fingerprint density at radius 1 is 0.458 bits per heavy atom. The van der Waals surface area contributed by atoms with Gasteiger partial charge in [-0.2, -0.15) is 0 Å². The van der Waals surface area contributed by atoms with Crippen LogP contribution in [0.4, 0.5) is 11.4 Å². The molecule has 5 nitrogen and oxygen atoms in total. The minimum Gasteiger partial charge on any atom is -0.362 e. The van der Waals surface area contributed by atoms with Crippen LogP contribution in [0.5, 0.6) is 0 Å². The van der Waals surface area contributed by atoms with Gasteiger partial charge in [0.05, 0.1) is 57.3 Å². The topological polar surface area (TPSA) is 45.2 Å². The van der Waals surface area contributed by atoms with Gasteiger partial charge in [-0.05, 0) is 41.0 Å². The Bertz CT molecular complexity index is 2400. The molecule has 0 saturated heterocycles. The summed E-state index contributed by atoms with van der Waals surface area (Å²) < 4.78 is 0. The van der Waals surface area contributed by atoms with Gasteiger partial charge in [0.1, 0.15) is 0 Å². The highest BCUT2D eigenvalue weighted by Crippen LogP contribution is 2.47. The van der Waals surface area contributed by atoms with Crippen LogP contribution in [0.25, 0.3) is 56.6 Å². The van der Waals surface area contributed by atoms with E-state index in [2.05, 4.69) is 157 Å². The molecule has 2 aliphatic rings. The molecule has 0 fully saturated rings. The molecular weight excluding hydrogens is 587 g/mol. The van der Waals surface area contributed by atoms with Gasteiger partial charge in [-0.1, -0.05) is 127 Å². The number of pyridine rings is 3. The van der Waals surface area contributed by atoms with Crippen molar-refractivity contribution in [3.8, 4) is 22.6 Å². The number of likely N-dealkylation sites (N-methyl/N-ethyl adjacent to an activating group) is 2. The van der Waals surface area contributed by atoms with Gasteiger partial charge in [0.25, 0.3) is 0 Å². The molecule has 0 spiro atoms. The fraction of sp³-hybridized carbons (Fsp3) is 0.0930. The average Bonchev–Trinajstić information content (AvgIpc) is 3.15. The molecule has 0 bridgehead atoms. The van der Waals surface area contributed by atoms with Crippen molar-refractivity contribution in [1.29, 1.82) is 0 Å². The lowest BCUT2D eigenvalue weighted by Crippen LogP contribution is -2.32. The molecule has 9 rings (SSSR count). The molecule has 0 radical (unpaired) electrons. The van der Waals surface area contributed by atoms with Crippen molar-refractivity contribution < 1.29 is 0 Å². The van der Waals surface area contributed by atoms with E-state index in [4.69, 9.17) is 15.0 Å². The van der Waals surface area contributed by atoms with Crippen molar-refractivity contribution in [3.05, 3.63) is 162 Å². The van der Waals surface area contributed by atoms with Crippen LogP contribution in [0.3, 0.4) is 0 Å². The summed E-state index contributed by atoms with van der Waals surface area (Å²) in [7, 11) is 4.38. The molecule has 5 heteroatoms. The Labute approximate surface area is 280 Å². The van der Waals surface area contributed by atoms with Gasteiger partial charge >= 0.3 is 0 Å². The Morgan fingerprint density at radius 3 is 1.69 bits per heavy atom. The van der Waals surface area contributed by atoms with E-state index in [1.54, 1.807) is 0 Å². The van der Waals surface area contributed by atoms with Crippen molar-refractivity contribution in [2.45, 2.75) is 12.1 Å². The number of benzene rings is 4. The third-order valence-electron chi connectivity index (χ3n) is 9.74. The molecular formula is C43H33N5. The first kappa shape index (κ1) is 28.2. The van der Waals surface area contributed by atoms with E-state index in [1.165, 1.54) is 28.1 Å². The molecule has 0 aliphatic carbocycles. The Morgan fingerprint density at radius 2 is 1.00 bits per heavy atom. The summed E-state index contributed by atoms with van der Waals surface area (Å²) in [5.74, 6) is 0. The van der Waals surface area contributed by atoms with Crippen molar-refractivity contribution >= 4 is 45.3 Å². The second-order valence-corrected chi connectivity index (χ2v) is 12.6. The Hall–Kier alpha value is -6.07. The van der Waals surface area contributed by atoms with Gasteiger partial charge in [0, 0.05) is 30.4 Å². The maximum Gasteiger partial charge on any atom is 0.0973 e. The predicted molar refractivity (Wildman–Crippen MR) is 199 cm³/mol. The molecule has 2 unspecified atom stereocenters. The van der Waals surface area contributed by atoms with E-state index >= 15 is 0 Å². The van der Waals surface area contributed by atoms with Gasteiger partial charge < -0.3 is 9.80 Å². The zero-order valence-electron chi connectivity index (χ0n) is 26.8. The summed E-state index contributed by atoms with van der Waals surface area (Å²) in [4.78, 5) is 20.3. The van der Waals surface area contributed by atoms with E-state index in [-0.39, 0.29) is 12.1 Å². The summed E-state index contributed by atoms with van der Waals surface area (Å²) in [6.45, 7) is 0. The quantitative estimate of drug-likeness (QED) is 0.184. The molecule has 5 heterocycles. The van der Waals surface area contributed by atoms with Crippen LogP contribution >= 0.6 is 0 Å². The van der Waals surface area contributed by atoms with Gasteiger partial charge in [-0.3, -0.25) is 0 Å². The Balaban J connectivity index is 1.09. The number of nitrogens with zero attached hydrogens (tertiary/aromatic N) is 5. The predicted octanol–water partition coefficient (Wildman–Crippen LogP) is 9.92. The van der Waals surface area contributed by atoms with Crippen molar-refractivity contribution in [1.82, 2.24) is 15.0 Å². The molecule has 7 aromatic rings. The minimum atomic E-state index is -0.0326. The summed E-state index contributed by atoms with van der Waals surface area (Å²) in [6.07, 6.45) is 9.06. The summed E-state index contributed by atoms with van der Waals surface area (Å²) in [6, 6.07) is 44.5. The Kier molecular flexibility index (Phi) is 6.64. The summed E-state index contributed by atoms with van der Waals surface area (Å²) >= 11 is 0. The number of rotatable bonds is 4. The smallest absolute Gasteiger partial charge is 0.0973 e. The number of hydrogen-bond donors (Lipinski definition) is 0. The fourth-order valence-corrected chi connectivity index (χ4v) is 7.27. The van der Waals surface area contributed by atoms with Crippen molar-refractivity contribution in [2.75, 3.05) is 23.9 Å².